The molecule has 4 aliphatic rings. The lowest BCUT2D eigenvalue weighted by Gasteiger charge is -2.36. The second kappa shape index (κ2) is 10.6. The summed E-state index contributed by atoms with van der Waals surface area (Å²) in [5.41, 5.74) is 10.8. The number of pyridine rings is 1. The van der Waals surface area contributed by atoms with Crippen LogP contribution in [0.5, 0.6) is 0 Å². The van der Waals surface area contributed by atoms with Crippen LogP contribution in [-0.4, -0.2) is 4.98 Å². The molecule has 0 saturated heterocycles. The van der Waals surface area contributed by atoms with E-state index in [4.69, 9.17) is 4.98 Å². The smallest absolute Gasteiger partial charge is 0.0702 e. The van der Waals surface area contributed by atoms with Crippen LogP contribution in [0.4, 0.5) is 0 Å². The van der Waals surface area contributed by atoms with E-state index in [1.165, 1.54) is 54.3 Å². The predicted octanol–water partition coefficient (Wildman–Crippen LogP) is 6.65. The molecule has 2 atom stereocenters. The summed E-state index contributed by atoms with van der Waals surface area (Å²) in [6.07, 6.45) is 22.9. The minimum atomic E-state index is 0.346. The number of rotatable bonds is 4. The molecule has 0 radical (unpaired) electrons. The van der Waals surface area contributed by atoms with Gasteiger partial charge >= 0.3 is 0 Å². The van der Waals surface area contributed by atoms with Crippen molar-refractivity contribution in [2.75, 3.05) is 0 Å². The fourth-order valence-electron chi connectivity index (χ4n) is 7.42. The second-order valence-electron chi connectivity index (χ2n) is 11.7. The Bertz CT molecular complexity index is 2070. The van der Waals surface area contributed by atoms with Crippen molar-refractivity contribution in [1.82, 2.24) is 4.98 Å². The number of nitrogens with zero attached hydrogens (tertiary/aromatic N) is 1. The van der Waals surface area contributed by atoms with Gasteiger partial charge in [-0.25, -0.2) is 0 Å². The van der Waals surface area contributed by atoms with Gasteiger partial charge in [-0.15, -0.1) is 0 Å². The van der Waals surface area contributed by atoms with Gasteiger partial charge in [-0.3, -0.25) is 4.98 Å². The zero-order valence-corrected chi connectivity index (χ0v) is 23.7. The molecule has 0 amide bonds. The van der Waals surface area contributed by atoms with Crippen LogP contribution in [0.1, 0.15) is 31.2 Å². The van der Waals surface area contributed by atoms with Gasteiger partial charge in [0, 0.05) is 23.6 Å². The average Bonchev–Trinajstić information content (AvgIpc) is 3.07. The number of hydrogen-bond donors (Lipinski definition) is 0. The molecular weight excluding hydrogens is 506 g/mol. The molecule has 3 aromatic carbocycles. The number of benzene rings is 3. The lowest BCUT2D eigenvalue weighted by molar-refractivity contribution is 0.681. The average molecular weight is 540 g/mol. The highest BCUT2D eigenvalue weighted by molar-refractivity contribution is 5.94. The Morgan fingerprint density at radius 2 is 1.21 bits per heavy atom. The topological polar surface area (TPSA) is 12.9 Å². The quantitative estimate of drug-likeness (QED) is 0.283. The molecule has 202 valence electrons. The summed E-state index contributed by atoms with van der Waals surface area (Å²) < 4.78 is 0. The molecule has 0 spiro atoms. The Morgan fingerprint density at radius 3 is 1.95 bits per heavy atom. The normalized spacial score (nSPS) is 20.6. The monoisotopic (exact) mass is 539 g/mol. The zero-order valence-electron chi connectivity index (χ0n) is 23.7. The fraction of sp³-hybridized carbons (Fsp3) is 0.146. The van der Waals surface area contributed by atoms with Gasteiger partial charge in [0.25, 0.3) is 0 Å². The van der Waals surface area contributed by atoms with E-state index in [9.17, 15) is 0 Å². The van der Waals surface area contributed by atoms with E-state index in [2.05, 4.69) is 127 Å². The summed E-state index contributed by atoms with van der Waals surface area (Å²) in [4.78, 5) is 4.79. The van der Waals surface area contributed by atoms with Crippen molar-refractivity contribution < 1.29 is 0 Å². The van der Waals surface area contributed by atoms with Crippen molar-refractivity contribution in [2.24, 2.45) is 11.8 Å². The summed E-state index contributed by atoms with van der Waals surface area (Å²) >= 11 is 0. The Hall–Kier alpha value is -4.75. The molecule has 0 saturated carbocycles. The highest BCUT2D eigenvalue weighted by atomic mass is 14.7. The molecule has 42 heavy (non-hydrogen) atoms. The van der Waals surface area contributed by atoms with E-state index in [0.717, 1.165) is 36.9 Å². The molecule has 1 heteroatoms. The van der Waals surface area contributed by atoms with E-state index in [1.54, 1.807) is 0 Å². The Kier molecular flexibility index (Phi) is 6.30. The first kappa shape index (κ1) is 25.0. The Labute approximate surface area is 247 Å². The van der Waals surface area contributed by atoms with Crippen LogP contribution in [0.3, 0.4) is 0 Å². The SMILES string of the molecule is C1=CC2C(C3=CC=C(c4ccc(-c5ccccc5)nc4)CC3)=c3ccccc3=C(C3=c4ccccc4=CCC3)C2C=C1. The maximum atomic E-state index is 4.79. The van der Waals surface area contributed by atoms with E-state index >= 15 is 0 Å². The van der Waals surface area contributed by atoms with E-state index in [1.807, 2.05) is 12.3 Å². The highest BCUT2D eigenvalue weighted by Crippen LogP contribution is 2.43. The predicted molar refractivity (Wildman–Crippen MR) is 176 cm³/mol. The molecule has 0 aliphatic heterocycles. The molecule has 2 unspecified atom stereocenters. The van der Waals surface area contributed by atoms with Crippen molar-refractivity contribution in [1.29, 1.82) is 0 Å². The van der Waals surface area contributed by atoms with Crippen molar-refractivity contribution in [3.63, 3.8) is 0 Å². The largest absolute Gasteiger partial charge is 0.256 e. The fourth-order valence-corrected chi connectivity index (χ4v) is 7.42. The molecule has 0 N–H and O–H groups in total. The van der Waals surface area contributed by atoms with Gasteiger partial charge < -0.3 is 0 Å². The van der Waals surface area contributed by atoms with Crippen LogP contribution in [0.15, 0.2) is 139 Å². The van der Waals surface area contributed by atoms with Gasteiger partial charge in [0.05, 0.1) is 5.69 Å². The summed E-state index contributed by atoms with van der Waals surface area (Å²) in [6, 6.07) is 32.9. The third-order valence-electron chi connectivity index (χ3n) is 9.38. The Balaban J connectivity index is 1.26. The summed E-state index contributed by atoms with van der Waals surface area (Å²) in [7, 11) is 0. The third-order valence-corrected chi connectivity index (χ3v) is 9.38. The van der Waals surface area contributed by atoms with Gasteiger partial charge in [0.1, 0.15) is 0 Å². The maximum absolute atomic E-state index is 4.79. The standard InChI is InChI=1S/C41H33N/c1-2-12-30(13-3-1)39-26-25-32(27-42-39)28-21-23-31(24-22-28)40-35-16-6-8-18-37(35)41(38-19-9-7-17-36(38)40)34-20-10-14-29-11-4-5-15-33(29)34/h1-9,11-19,21,23,25-27,35,37H,10,20,22,24H2. The van der Waals surface area contributed by atoms with E-state index < -0.39 is 0 Å². The zero-order chi connectivity index (χ0) is 27.9. The number of hydrogen-bond acceptors (Lipinski definition) is 1. The molecule has 1 aromatic heterocycles. The summed E-state index contributed by atoms with van der Waals surface area (Å²) in [5, 5.41) is 5.61. The van der Waals surface area contributed by atoms with Crippen LogP contribution < -0.4 is 20.9 Å². The van der Waals surface area contributed by atoms with Gasteiger partial charge in [-0.1, -0.05) is 127 Å². The number of allylic oxidation sites excluding steroid dienone is 8. The Morgan fingerprint density at radius 1 is 0.548 bits per heavy atom. The third kappa shape index (κ3) is 4.28. The van der Waals surface area contributed by atoms with Gasteiger partial charge in [-0.05, 0) is 86.1 Å². The molecule has 8 rings (SSSR count). The second-order valence-corrected chi connectivity index (χ2v) is 11.7. The van der Waals surface area contributed by atoms with Crippen LogP contribution in [0, 0.1) is 11.8 Å². The minimum Gasteiger partial charge on any atom is -0.256 e. The molecule has 4 aromatic rings. The van der Waals surface area contributed by atoms with Crippen LogP contribution in [0.25, 0.3) is 39.6 Å². The molecular formula is C41H33N. The van der Waals surface area contributed by atoms with Gasteiger partial charge in [0.2, 0.25) is 0 Å². The van der Waals surface area contributed by atoms with Crippen molar-refractivity contribution in [3.05, 3.63) is 166 Å². The highest BCUT2D eigenvalue weighted by Gasteiger charge is 2.33. The molecule has 4 aliphatic carbocycles. The van der Waals surface area contributed by atoms with Crippen LogP contribution in [-0.2, 0) is 0 Å². The minimum absolute atomic E-state index is 0.346. The van der Waals surface area contributed by atoms with Gasteiger partial charge in [0.15, 0.2) is 0 Å². The maximum Gasteiger partial charge on any atom is 0.0702 e. The van der Waals surface area contributed by atoms with Gasteiger partial charge in [-0.2, -0.15) is 0 Å². The van der Waals surface area contributed by atoms with Crippen LogP contribution in [0.2, 0.25) is 0 Å². The van der Waals surface area contributed by atoms with E-state index in [0.29, 0.717) is 11.8 Å². The molecule has 0 fully saturated rings. The van der Waals surface area contributed by atoms with Crippen molar-refractivity contribution >= 4 is 28.4 Å². The van der Waals surface area contributed by atoms with Crippen molar-refractivity contribution in [3.8, 4) is 11.3 Å². The van der Waals surface area contributed by atoms with E-state index in [-0.39, 0.29) is 0 Å². The summed E-state index contributed by atoms with van der Waals surface area (Å²) in [5.74, 6) is 0.695. The number of aromatic nitrogens is 1. The first-order chi connectivity index (χ1) is 20.8. The van der Waals surface area contributed by atoms with Crippen LogP contribution >= 0.6 is 0 Å². The molecule has 0 bridgehead atoms. The lowest BCUT2D eigenvalue weighted by Crippen LogP contribution is -2.42. The van der Waals surface area contributed by atoms with Crippen molar-refractivity contribution in [2.45, 2.75) is 25.7 Å². The lowest BCUT2D eigenvalue weighted by atomic mass is 9.68. The molecule has 1 heterocycles. The first-order valence-corrected chi connectivity index (χ1v) is 15.2. The number of fused-ring (bicyclic) bond motifs is 3. The first-order valence-electron chi connectivity index (χ1n) is 15.2. The molecule has 1 nitrogen and oxygen atoms in total. The summed E-state index contributed by atoms with van der Waals surface area (Å²) in [6.45, 7) is 0.